The predicted molar refractivity (Wildman–Crippen MR) is 196 cm³/mol. The summed E-state index contributed by atoms with van der Waals surface area (Å²) in [5.74, 6) is 0. The highest BCUT2D eigenvalue weighted by Gasteiger charge is 2.07. The molecule has 0 atom stereocenters. The SMILES string of the molecule is CCCCc1ccc(N=Nc2ccc(N=Nc3ccc(N=Nc4ccc(N(CCCC)CCCC)cc4)c4ccccc34)cc2)cc1. The van der Waals surface area contributed by atoms with Crippen LogP contribution in [-0.4, -0.2) is 13.1 Å². The highest BCUT2D eigenvalue weighted by molar-refractivity contribution is 5.99. The zero-order valence-electron chi connectivity index (χ0n) is 27.9. The molecule has 0 aromatic heterocycles. The number of azo groups is 3. The maximum atomic E-state index is 4.62. The van der Waals surface area contributed by atoms with Crippen molar-refractivity contribution in [2.75, 3.05) is 18.0 Å². The minimum absolute atomic E-state index is 0.739. The Morgan fingerprint density at radius 2 is 0.830 bits per heavy atom. The topological polar surface area (TPSA) is 77.4 Å². The van der Waals surface area contributed by atoms with E-state index in [1.165, 1.54) is 49.8 Å². The fourth-order valence-electron chi connectivity index (χ4n) is 5.27. The van der Waals surface area contributed by atoms with Gasteiger partial charge in [-0.05, 0) is 104 Å². The Balaban J connectivity index is 1.25. The maximum Gasteiger partial charge on any atom is 0.0936 e. The summed E-state index contributed by atoms with van der Waals surface area (Å²) in [5, 5.41) is 29.0. The molecule has 0 saturated carbocycles. The van der Waals surface area contributed by atoms with E-state index in [4.69, 9.17) is 0 Å². The molecule has 0 spiro atoms. The van der Waals surface area contributed by atoms with Crippen molar-refractivity contribution in [2.45, 2.75) is 65.7 Å². The van der Waals surface area contributed by atoms with Gasteiger partial charge in [0.05, 0.1) is 34.1 Å². The van der Waals surface area contributed by atoms with Gasteiger partial charge in [0.15, 0.2) is 0 Å². The van der Waals surface area contributed by atoms with Crippen molar-refractivity contribution in [1.82, 2.24) is 0 Å². The molecule has 5 aromatic rings. The number of hydrogen-bond donors (Lipinski definition) is 0. The van der Waals surface area contributed by atoms with Gasteiger partial charge in [0.1, 0.15) is 0 Å². The minimum atomic E-state index is 0.739. The van der Waals surface area contributed by atoms with Crippen LogP contribution in [0.25, 0.3) is 10.8 Å². The highest BCUT2D eigenvalue weighted by atomic mass is 15.1. The molecule has 0 aliphatic heterocycles. The monoisotopic (exact) mass is 623 g/mol. The Hall–Kier alpha value is -5.04. The summed E-state index contributed by atoms with van der Waals surface area (Å²) < 4.78 is 0. The Bertz CT molecular complexity index is 1770. The van der Waals surface area contributed by atoms with E-state index in [9.17, 15) is 0 Å². The van der Waals surface area contributed by atoms with Gasteiger partial charge in [0.25, 0.3) is 0 Å². The molecule has 0 amide bonds. The Labute approximate surface area is 279 Å². The summed E-state index contributed by atoms with van der Waals surface area (Å²) in [5.41, 5.74) is 7.32. The van der Waals surface area contributed by atoms with Gasteiger partial charge in [0.2, 0.25) is 0 Å². The fourth-order valence-corrected chi connectivity index (χ4v) is 5.27. The largest absolute Gasteiger partial charge is 0.372 e. The third-order valence-corrected chi connectivity index (χ3v) is 8.09. The smallest absolute Gasteiger partial charge is 0.0936 e. The van der Waals surface area contributed by atoms with Crippen LogP contribution in [0, 0.1) is 0 Å². The number of unbranched alkanes of at least 4 members (excludes halogenated alkanes) is 3. The lowest BCUT2D eigenvalue weighted by Gasteiger charge is -2.24. The summed E-state index contributed by atoms with van der Waals surface area (Å²) in [4.78, 5) is 2.48. The number of nitrogens with zero attached hydrogens (tertiary/aromatic N) is 7. The van der Waals surface area contributed by atoms with Crippen LogP contribution in [0.3, 0.4) is 0 Å². The normalized spacial score (nSPS) is 11.8. The molecule has 7 heteroatoms. The molecular formula is C40H45N7. The highest BCUT2D eigenvalue weighted by Crippen LogP contribution is 2.35. The van der Waals surface area contributed by atoms with E-state index in [0.717, 1.165) is 64.4 Å². The lowest BCUT2D eigenvalue weighted by molar-refractivity contribution is 0.678. The minimum Gasteiger partial charge on any atom is -0.372 e. The lowest BCUT2D eigenvalue weighted by Crippen LogP contribution is -2.25. The van der Waals surface area contributed by atoms with Crippen LogP contribution < -0.4 is 4.90 Å². The van der Waals surface area contributed by atoms with E-state index in [1.54, 1.807) is 0 Å². The van der Waals surface area contributed by atoms with Gasteiger partial charge in [0, 0.05) is 29.5 Å². The first-order valence-electron chi connectivity index (χ1n) is 17.0. The molecule has 0 aliphatic rings. The molecule has 0 fully saturated rings. The number of rotatable bonds is 16. The second-order valence-corrected chi connectivity index (χ2v) is 11.7. The number of anilines is 1. The van der Waals surface area contributed by atoms with Crippen molar-refractivity contribution in [2.24, 2.45) is 30.7 Å². The molecule has 0 aliphatic carbocycles. The standard InChI is InChI=1S/C40H45N7/c1-4-7-12-31-15-17-32(18-16-31)41-42-33-19-21-34(22-20-33)43-45-39-27-28-40(38-14-11-10-13-37(38)39)46-44-35-23-25-36(26-24-35)47(29-8-5-2)30-9-6-3/h10-11,13-28H,4-9,12,29-30H2,1-3H3. The van der Waals surface area contributed by atoms with Crippen LogP contribution in [0.1, 0.15) is 64.9 Å². The van der Waals surface area contributed by atoms with E-state index in [0.29, 0.717) is 0 Å². The summed E-state index contributed by atoms with van der Waals surface area (Å²) in [7, 11) is 0. The van der Waals surface area contributed by atoms with Crippen molar-refractivity contribution >= 4 is 50.6 Å². The van der Waals surface area contributed by atoms with Crippen molar-refractivity contribution < 1.29 is 0 Å². The van der Waals surface area contributed by atoms with Gasteiger partial charge in [-0.15, -0.1) is 10.2 Å². The third-order valence-electron chi connectivity index (χ3n) is 8.09. The first-order valence-corrected chi connectivity index (χ1v) is 17.0. The second-order valence-electron chi connectivity index (χ2n) is 11.7. The number of hydrogen-bond acceptors (Lipinski definition) is 7. The number of benzene rings is 5. The number of fused-ring (bicyclic) bond motifs is 1. The molecule has 240 valence electrons. The molecule has 5 rings (SSSR count). The average Bonchev–Trinajstić information content (AvgIpc) is 3.13. The van der Waals surface area contributed by atoms with Gasteiger partial charge in [-0.3, -0.25) is 0 Å². The number of aryl methyl sites for hydroxylation is 1. The first kappa shape index (κ1) is 33.3. The Morgan fingerprint density at radius 3 is 1.28 bits per heavy atom. The molecule has 5 aromatic carbocycles. The quantitative estimate of drug-likeness (QED) is 0.101. The van der Waals surface area contributed by atoms with E-state index in [2.05, 4.69) is 80.6 Å². The molecule has 0 saturated heterocycles. The zero-order valence-corrected chi connectivity index (χ0v) is 27.9. The van der Waals surface area contributed by atoms with Crippen LogP contribution >= 0.6 is 0 Å². The average molecular weight is 624 g/mol. The van der Waals surface area contributed by atoms with Crippen molar-refractivity contribution in [3.63, 3.8) is 0 Å². The van der Waals surface area contributed by atoms with Crippen LogP contribution in [0.4, 0.5) is 39.8 Å². The van der Waals surface area contributed by atoms with Gasteiger partial charge >= 0.3 is 0 Å². The van der Waals surface area contributed by atoms with Crippen molar-refractivity contribution in [3.8, 4) is 0 Å². The third kappa shape index (κ3) is 9.72. The van der Waals surface area contributed by atoms with E-state index in [1.807, 2.05) is 84.9 Å². The van der Waals surface area contributed by atoms with Gasteiger partial charge < -0.3 is 4.90 Å². The molecule has 0 radical (unpaired) electrons. The van der Waals surface area contributed by atoms with Crippen LogP contribution in [0.2, 0.25) is 0 Å². The van der Waals surface area contributed by atoms with Crippen LogP contribution in [0.5, 0.6) is 0 Å². The van der Waals surface area contributed by atoms with Gasteiger partial charge in [-0.1, -0.05) is 76.4 Å². The summed E-state index contributed by atoms with van der Waals surface area (Å²) in [6, 6.07) is 36.3. The van der Waals surface area contributed by atoms with E-state index >= 15 is 0 Å². The fraction of sp³-hybridized carbons (Fsp3) is 0.300. The van der Waals surface area contributed by atoms with E-state index in [-0.39, 0.29) is 0 Å². The van der Waals surface area contributed by atoms with E-state index < -0.39 is 0 Å². The molecule has 47 heavy (non-hydrogen) atoms. The first-order chi connectivity index (χ1) is 23.2. The lowest BCUT2D eigenvalue weighted by atomic mass is 10.1. The van der Waals surface area contributed by atoms with Gasteiger partial charge in [-0.25, -0.2) is 0 Å². The molecule has 0 heterocycles. The molecular weight excluding hydrogens is 578 g/mol. The second kappa shape index (κ2) is 17.6. The van der Waals surface area contributed by atoms with Crippen LogP contribution in [-0.2, 0) is 6.42 Å². The predicted octanol–water partition coefficient (Wildman–Crippen LogP) is 13.8. The molecule has 0 N–H and O–H groups in total. The summed E-state index contributed by atoms with van der Waals surface area (Å²) >= 11 is 0. The summed E-state index contributed by atoms with van der Waals surface area (Å²) in [6.45, 7) is 8.85. The maximum absolute atomic E-state index is 4.62. The molecule has 0 bridgehead atoms. The Kier molecular flexibility index (Phi) is 12.5. The zero-order chi connectivity index (χ0) is 32.7. The summed E-state index contributed by atoms with van der Waals surface area (Å²) in [6.07, 6.45) is 8.27. The van der Waals surface area contributed by atoms with Crippen molar-refractivity contribution in [1.29, 1.82) is 0 Å². The Morgan fingerprint density at radius 1 is 0.426 bits per heavy atom. The van der Waals surface area contributed by atoms with Crippen molar-refractivity contribution in [3.05, 3.63) is 115 Å². The molecule has 7 nitrogen and oxygen atoms in total. The van der Waals surface area contributed by atoms with Gasteiger partial charge in [-0.2, -0.15) is 20.5 Å². The van der Waals surface area contributed by atoms with Crippen LogP contribution in [0.15, 0.2) is 140 Å². The molecule has 0 unspecified atom stereocenters.